The molecule has 0 heterocycles. The summed E-state index contributed by atoms with van der Waals surface area (Å²) in [4.78, 5) is 24.3. The molecule has 156 valence electrons. The Hall–Kier alpha value is -2.71. The molecule has 0 saturated carbocycles. The summed E-state index contributed by atoms with van der Waals surface area (Å²) in [5.41, 5.74) is 2.82. The van der Waals surface area contributed by atoms with Crippen LogP contribution in [0.2, 0.25) is 0 Å². The maximum Gasteiger partial charge on any atom is 0.338 e. The summed E-state index contributed by atoms with van der Waals surface area (Å²) in [6.07, 6.45) is 0. The van der Waals surface area contributed by atoms with Gasteiger partial charge in [0.2, 0.25) is 10.0 Å². The number of sulfonamides is 1. The minimum absolute atomic E-state index is 0.153. The van der Waals surface area contributed by atoms with Crippen molar-refractivity contribution in [2.75, 3.05) is 25.0 Å². The first-order valence-corrected chi connectivity index (χ1v) is 10.8. The molecule has 0 radical (unpaired) electrons. The van der Waals surface area contributed by atoms with Gasteiger partial charge in [0.25, 0.3) is 5.91 Å². The fourth-order valence-electron chi connectivity index (χ4n) is 2.70. The molecule has 0 fully saturated rings. The van der Waals surface area contributed by atoms with Crippen molar-refractivity contribution in [3.8, 4) is 0 Å². The van der Waals surface area contributed by atoms with Crippen LogP contribution in [0, 0.1) is 13.8 Å². The van der Waals surface area contributed by atoms with Gasteiger partial charge in [-0.3, -0.25) is 4.79 Å². The number of esters is 1. The fraction of sp³-hybridized carbons (Fsp3) is 0.333. The number of hydrogen-bond donors (Lipinski definition) is 1. The van der Waals surface area contributed by atoms with Crippen LogP contribution in [0.3, 0.4) is 0 Å². The Bertz CT molecular complexity index is 981. The van der Waals surface area contributed by atoms with E-state index < -0.39 is 28.5 Å². The molecule has 2 aromatic rings. The molecule has 0 saturated heterocycles. The lowest BCUT2D eigenvalue weighted by Crippen LogP contribution is -2.30. The second-order valence-corrected chi connectivity index (χ2v) is 8.47. The first-order chi connectivity index (χ1) is 13.7. The quantitative estimate of drug-likeness (QED) is 0.665. The first-order valence-electron chi connectivity index (χ1n) is 9.33. The number of nitrogens with one attached hydrogen (secondary N) is 1. The molecule has 8 heteroatoms. The van der Waals surface area contributed by atoms with Gasteiger partial charge in [-0.15, -0.1) is 0 Å². The molecule has 7 nitrogen and oxygen atoms in total. The smallest absolute Gasteiger partial charge is 0.338 e. The Kier molecular flexibility index (Phi) is 7.53. The van der Waals surface area contributed by atoms with Crippen molar-refractivity contribution in [3.05, 3.63) is 59.2 Å². The number of nitrogens with zero attached hydrogens (tertiary/aromatic N) is 1. The van der Waals surface area contributed by atoms with Crippen LogP contribution in [0.1, 0.15) is 35.3 Å². The van der Waals surface area contributed by atoms with E-state index in [-0.39, 0.29) is 4.90 Å². The lowest BCUT2D eigenvalue weighted by atomic mass is 10.1. The van der Waals surface area contributed by atoms with Crippen molar-refractivity contribution < 1.29 is 22.7 Å². The van der Waals surface area contributed by atoms with Crippen LogP contribution in [-0.2, 0) is 19.6 Å². The Labute approximate surface area is 171 Å². The van der Waals surface area contributed by atoms with Gasteiger partial charge in [0.15, 0.2) is 6.61 Å². The van der Waals surface area contributed by atoms with E-state index in [0.29, 0.717) is 24.3 Å². The number of carbonyl (C=O) groups excluding carboxylic acids is 2. The summed E-state index contributed by atoms with van der Waals surface area (Å²) in [6.45, 7) is 7.70. The molecule has 2 rings (SSSR count). The molecule has 0 aliphatic rings. The average molecular weight is 419 g/mol. The van der Waals surface area contributed by atoms with Crippen molar-refractivity contribution in [3.63, 3.8) is 0 Å². The van der Waals surface area contributed by atoms with Crippen LogP contribution in [-0.4, -0.2) is 44.3 Å². The number of ether oxygens (including phenoxy) is 1. The van der Waals surface area contributed by atoms with Gasteiger partial charge in [-0.1, -0.05) is 19.9 Å². The molecule has 1 amide bonds. The number of aryl methyl sites for hydroxylation is 2. The summed E-state index contributed by atoms with van der Waals surface area (Å²) < 4.78 is 31.3. The van der Waals surface area contributed by atoms with Crippen molar-refractivity contribution in [1.29, 1.82) is 0 Å². The minimum Gasteiger partial charge on any atom is -0.452 e. The molecule has 0 aliphatic heterocycles. The molecule has 29 heavy (non-hydrogen) atoms. The van der Waals surface area contributed by atoms with Gasteiger partial charge in [-0.2, -0.15) is 4.31 Å². The largest absolute Gasteiger partial charge is 0.452 e. The molecule has 0 unspecified atom stereocenters. The number of carbonyl (C=O) groups is 2. The number of amides is 1. The molecular weight excluding hydrogens is 392 g/mol. The van der Waals surface area contributed by atoms with Gasteiger partial charge >= 0.3 is 5.97 Å². The topological polar surface area (TPSA) is 92.8 Å². The molecule has 0 bridgehead atoms. The molecule has 0 spiro atoms. The highest BCUT2D eigenvalue weighted by atomic mass is 32.2. The van der Waals surface area contributed by atoms with Gasteiger partial charge in [0.05, 0.1) is 10.5 Å². The molecule has 0 atom stereocenters. The SMILES string of the molecule is CCN(CC)S(=O)(=O)c1ccc(NC(=O)COC(=O)c2ccc(C)c(C)c2)cc1. The minimum atomic E-state index is -3.55. The normalized spacial score (nSPS) is 11.3. The standard InChI is InChI=1S/C21H26N2O5S/c1-5-23(6-2)29(26,27)19-11-9-18(10-12-19)22-20(24)14-28-21(25)17-8-7-15(3)16(4)13-17/h7-13H,5-6,14H2,1-4H3,(H,22,24). The average Bonchev–Trinajstić information content (AvgIpc) is 2.69. The van der Waals surface area contributed by atoms with E-state index >= 15 is 0 Å². The fourth-order valence-corrected chi connectivity index (χ4v) is 4.16. The summed E-state index contributed by atoms with van der Waals surface area (Å²) in [5.74, 6) is -1.09. The van der Waals surface area contributed by atoms with E-state index in [9.17, 15) is 18.0 Å². The predicted octanol–water partition coefficient (Wildman–Crippen LogP) is 3.13. The van der Waals surface area contributed by atoms with Crippen LogP contribution in [0.25, 0.3) is 0 Å². The third-order valence-corrected chi connectivity index (χ3v) is 6.62. The Morgan fingerprint density at radius 3 is 2.14 bits per heavy atom. The lowest BCUT2D eigenvalue weighted by molar-refractivity contribution is -0.119. The monoisotopic (exact) mass is 418 g/mol. The van der Waals surface area contributed by atoms with Gasteiger partial charge in [0.1, 0.15) is 0 Å². The van der Waals surface area contributed by atoms with Crippen molar-refractivity contribution in [1.82, 2.24) is 4.31 Å². The maximum absolute atomic E-state index is 12.5. The van der Waals surface area contributed by atoms with Crippen molar-refractivity contribution >= 4 is 27.6 Å². The predicted molar refractivity (Wildman–Crippen MR) is 111 cm³/mol. The lowest BCUT2D eigenvalue weighted by Gasteiger charge is -2.18. The Morgan fingerprint density at radius 2 is 1.59 bits per heavy atom. The van der Waals surface area contributed by atoms with Crippen LogP contribution in [0.15, 0.2) is 47.4 Å². The van der Waals surface area contributed by atoms with Crippen LogP contribution in [0.4, 0.5) is 5.69 Å². The third-order valence-electron chi connectivity index (χ3n) is 4.56. The summed E-state index contributed by atoms with van der Waals surface area (Å²) in [6, 6.07) is 11.1. The number of benzene rings is 2. The zero-order chi connectivity index (χ0) is 21.6. The zero-order valence-electron chi connectivity index (χ0n) is 17.1. The molecule has 0 aromatic heterocycles. The highest BCUT2D eigenvalue weighted by Crippen LogP contribution is 2.18. The van der Waals surface area contributed by atoms with Gasteiger partial charge in [-0.25, -0.2) is 13.2 Å². The van der Waals surface area contributed by atoms with Crippen LogP contribution < -0.4 is 5.32 Å². The highest BCUT2D eigenvalue weighted by Gasteiger charge is 2.21. The van der Waals surface area contributed by atoms with E-state index in [2.05, 4.69) is 5.32 Å². The summed E-state index contributed by atoms with van der Waals surface area (Å²) >= 11 is 0. The second-order valence-electron chi connectivity index (χ2n) is 6.54. The summed E-state index contributed by atoms with van der Waals surface area (Å²) in [5, 5.41) is 2.58. The van der Waals surface area contributed by atoms with Crippen molar-refractivity contribution in [2.45, 2.75) is 32.6 Å². The van der Waals surface area contributed by atoms with Gasteiger partial charge in [0, 0.05) is 18.8 Å². The van der Waals surface area contributed by atoms with E-state index in [4.69, 9.17) is 4.74 Å². The van der Waals surface area contributed by atoms with E-state index in [1.54, 1.807) is 26.0 Å². The number of hydrogen-bond acceptors (Lipinski definition) is 5. The number of anilines is 1. The van der Waals surface area contributed by atoms with Crippen molar-refractivity contribution in [2.24, 2.45) is 0 Å². The molecule has 0 aliphatic carbocycles. The molecule has 1 N–H and O–H groups in total. The van der Waals surface area contributed by atoms with Crippen LogP contribution >= 0.6 is 0 Å². The molecular formula is C21H26N2O5S. The van der Waals surface area contributed by atoms with E-state index in [1.165, 1.54) is 28.6 Å². The molecule has 2 aromatic carbocycles. The summed E-state index contributed by atoms with van der Waals surface area (Å²) in [7, 11) is -3.55. The van der Waals surface area contributed by atoms with Crippen LogP contribution in [0.5, 0.6) is 0 Å². The third kappa shape index (κ3) is 5.65. The van der Waals surface area contributed by atoms with E-state index in [0.717, 1.165) is 11.1 Å². The maximum atomic E-state index is 12.5. The highest BCUT2D eigenvalue weighted by molar-refractivity contribution is 7.89. The zero-order valence-corrected chi connectivity index (χ0v) is 17.9. The van der Waals surface area contributed by atoms with Gasteiger partial charge in [-0.05, 0) is 61.4 Å². The van der Waals surface area contributed by atoms with Gasteiger partial charge < -0.3 is 10.1 Å². The first kappa shape index (κ1) is 22.6. The Balaban J connectivity index is 1.95. The second kappa shape index (κ2) is 9.67. The Morgan fingerprint density at radius 1 is 0.966 bits per heavy atom. The number of rotatable bonds is 8. The van der Waals surface area contributed by atoms with E-state index in [1.807, 2.05) is 19.9 Å².